The van der Waals surface area contributed by atoms with Crippen molar-refractivity contribution in [2.45, 2.75) is 30.7 Å². The van der Waals surface area contributed by atoms with E-state index in [0.29, 0.717) is 17.0 Å². The molecule has 0 aromatic carbocycles. The van der Waals surface area contributed by atoms with Gasteiger partial charge in [-0.2, -0.15) is 0 Å². The Labute approximate surface area is 91.9 Å². The number of aromatic amines is 1. The molecule has 0 unspecified atom stereocenters. The van der Waals surface area contributed by atoms with E-state index in [1.165, 1.54) is 6.33 Å². The van der Waals surface area contributed by atoms with Gasteiger partial charge in [-0.3, -0.25) is 0 Å². The van der Waals surface area contributed by atoms with Crippen molar-refractivity contribution in [3.8, 4) is 0 Å². The van der Waals surface area contributed by atoms with Crippen LogP contribution in [0.5, 0.6) is 0 Å². The van der Waals surface area contributed by atoms with E-state index >= 15 is 0 Å². The zero-order chi connectivity index (χ0) is 11.1. The minimum Gasteiger partial charge on any atom is -0.382 e. The number of H-pyrrole nitrogens is 1. The lowest BCUT2D eigenvalue weighted by molar-refractivity contribution is 0.796. The Kier molecular flexibility index (Phi) is 2.30. The van der Waals surface area contributed by atoms with Gasteiger partial charge in [0.1, 0.15) is 11.8 Å². The maximum atomic E-state index is 5.70. The van der Waals surface area contributed by atoms with Gasteiger partial charge in [-0.25, -0.2) is 15.0 Å². The summed E-state index contributed by atoms with van der Waals surface area (Å²) < 4.78 is 0.107. The third-order valence-electron chi connectivity index (χ3n) is 1.70. The van der Waals surface area contributed by atoms with Crippen LogP contribution in [0.25, 0.3) is 11.2 Å². The van der Waals surface area contributed by atoms with E-state index in [-0.39, 0.29) is 4.75 Å². The van der Waals surface area contributed by atoms with Crippen LogP contribution in [0, 0.1) is 0 Å². The molecule has 2 aromatic rings. The summed E-state index contributed by atoms with van der Waals surface area (Å²) >= 11 is 1.65. The Morgan fingerprint density at radius 2 is 2.07 bits per heavy atom. The molecule has 0 radical (unpaired) electrons. The monoisotopic (exact) mass is 223 g/mol. The number of imidazole rings is 1. The molecule has 0 aliphatic rings. The summed E-state index contributed by atoms with van der Waals surface area (Å²) in [5.74, 6) is 0.438. The molecule has 15 heavy (non-hydrogen) atoms. The highest BCUT2D eigenvalue weighted by Crippen LogP contribution is 2.31. The van der Waals surface area contributed by atoms with Gasteiger partial charge in [0.15, 0.2) is 16.6 Å². The molecular weight excluding hydrogens is 210 g/mol. The maximum absolute atomic E-state index is 5.70. The molecule has 0 aliphatic carbocycles. The van der Waals surface area contributed by atoms with Gasteiger partial charge < -0.3 is 10.7 Å². The van der Waals surface area contributed by atoms with Crippen LogP contribution in [0.2, 0.25) is 0 Å². The van der Waals surface area contributed by atoms with Crippen LogP contribution in [0.1, 0.15) is 20.8 Å². The minimum atomic E-state index is 0.107. The van der Waals surface area contributed by atoms with Crippen molar-refractivity contribution in [2.75, 3.05) is 5.73 Å². The molecule has 2 aromatic heterocycles. The first-order chi connectivity index (χ1) is 6.96. The van der Waals surface area contributed by atoms with Crippen LogP contribution in [0.4, 0.5) is 5.82 Å². The number of nitrogens with zero attached hydrogens (tertiary/aromatic N) is 3. The predicted octanol–water partition coefficient (Wildman–Crippen LogP) is 1.83. The average Bonchev–Trinajstić information content (AvgIpc) is 2.45. The quantitative estimate of drug-likeness (QED) is 0.721. The van der Waals surface area contributed by atoms with Crippen LogP contribution in [0.15, 0.2) is 11.5 Å². The molecule has 80 valence electrons. The number of anilines is 1. The van der Waals surface area contributed by atoms with Gasteiger partial charge in [0.05, 0.1) is 0 Å². The predicted molar refractivity (Wildman–Crippen MR) is 61.7 cm³/mol. The second-order valence-electron chi connectivity index (χ2n) is 4.21. The van der Waals surface area contributed by atoms with Gasteiger partial charge in [-0.15, -0.1) is 0 Å². The molecule has 0 aliphatic heterocycles. The lowest BCUT2D eigenvalue weighted by Gasteiger charge is -2.14. The molecule has 0 saturated carbocycles. The van der Waals surface area contributed by atoms with E-state index < -0.39 is 0 Å². The zero-order valence-electron chi connectivity index (χ0n) is 8.90. The molecule has 0 fully saturated rings. The molecule has 2 rings (SSSR count). The Morgan fingerprint density at radius 1 is 1.33 bits per heavy atom. The standard InChI is InChI=1S/C9H13N5S/c1-9(2,3)15-8-13-5-6(10)11-4-12-7(5)14-8/h4H,1-3H3,(H3,10,11,12,13,14). The van der Waals surface area contributed by atoms with Gasteiger partial charge in [0.2, 0.25) is 0 Å². The number of nitrogen functional groups attached to an aromatic ring is 1. The van der Waals surface area contributed by atoms with Crippen molar-refractivity contribution in [1.29, 1.82) is 0 Å². The molecule has 0 amide bonds. The van der Waals surface area contributed by atoms with E-state index in [4.69, 9.17) is 5.73 Å². The second kappa shape index (κ2) is 3.37. The highest BCUT2D eigenvalue weighted by Gasteiger charge is 2.16. The fourth-order valence-corrected chi connectivity index (χ4v) is 2.03. The number of thioether (sulfide) groups is 1. The molecule has 0 atom stereocenters. The smallest absolute Gasteiger partial charge is 0.183 e. The lowest BCUT2D eigenvalue weighted by atomic mass is 10.3. The topological polar surface area (TPSA) is 80.5 Å². The van der Waals surface area contributed by atoms with E-state index in [2.05, 4.69) is 40.7 Å². The molecule has 0 bridgehead atoms. The Hall–Kier alpha value is -1.30. The van der Waals surface area contributed by atoms with Crippen LogP contribution in [-0.2, 0) is 0 Å². The highest BCUT2D eigenvalue weighted by molar-refractivity contribution is 8.00. The first-order valence-corrected chi connectivity index (χ1v) is 5.42. The SMILES string of the molecule is CC(C)(C)Sc1nc2ncnc(N)c2[nH]1. The van der Waals surface area contributed by atoms with Crippen molar-refractivity contribution in [3.05, 3.63) is 6.33 Å². The van der Waals surface area contributed by atoms with Crippen LogP contribution >= 0.6 is 11.8 Å². The van der Waals surface area contributed by atoms with Gasteiger partial charge in [0.25, 0.3) is 0 Å². The van der Waals surface area contributed by atoms with E-state index in [1.54, 1.807) is 11.8 Å². The summed E-state index contributed by atoms with van der Waals surface area (Å²) in [6.07, 6.45) is 1.42. The molecule has 2 heterocycles. The summed E-state index contributed by atoms with van der Waals surface area (Å²) in [4.78, 5) is 15.4. The molecule has 3 N–H and O–H groups in total. The Bertz CT molecular complexity index is 485. The van der Waals surface area contributed by atoms with Gasteiger partial charge in [-0.05, 0) is 0 Å². The molecular formula is C9H13N5S. The van der Waals surface area contributed by atoms with Crippen molar-refractivity contribution in [1.82, 2.24) is 19.9 Å². The summed E-state index contributed by atoms with van der Waals surface area (Å²) in [6, 6.07) is 0. The molecule has 5 nitrogen and oxygen atoms in total. The van der Waals surface area contributed by atoms with Gasteiger partial charge >= 0.3 is 0 Å². The average molecular weight is 223 g/mol. The fraction of sp³-hybridized carbons (Fsp3) is 0.444. The first-order valence-electron chi connectivity index (χ1n) is 4.61. The van der Waals surface area contributed by atoms with E-state index in [0.717, 1.165) is 5.16 Å². The molecule has 0 saturated heterocycles. The third-order valence-corrected chi connectivity index (χ3v) is 2.70. The fourth-order valence-electron chi connectivity index (χ4n) is 1.16. The number of hydrogen-bond acceptors (Lipinski definition) is 5. The number of fused-ring (bicyclic) bond motifs is 1. The van der Waals surface area contributed by atoms with Crippen molar-refractivity contribution in [3.63, 3.8) is 0 Å². The van der Waals surface area contributed by atoms with Crippen molar-refractivity contribution in [2.24, 2.45) is 0 Å². The summed E-state index contributed by atoms with van der Waals surface area (Å²) in [7, 11) is 0. The number of aromatic nitrogens is 4. The third kappa shape index (κ3) is 2.20. The number of hydrogen-bond donors (Lipinski definition) is 2. The molecule has 0 spiro atoms. The summed E-state index contributed by atoms with van der Waals surface area (Å²) in [5, 5.41) is 0.824. The lowest BCUT2D eigenvalue weighted by Crippen LogP contribution is -2.07. The summed E-state index contributed by atoms with van der Waals surface area (Å²) in [6.45, 7) is 6.37. The zero-order valence-corrected chi connectivity index (χ0v) is 9.72. The second-order valence-corrected chi connectivity index (χ2v) is 6.03. The number of rotatable bonds is 1. The van der Waals surface area contributed by atoms with Gasteiger partial charge in [0, 0.05) is 4.75 Å². The summed E-state index contributed by atoms with van der Waals surface area (Å²) in [5.41, 5.74) is 7.03. The van der Waals surface area contributed by atoms with E-state index in [9.17, 15) is 0 Å². The molecule has 6 heteroatoms. The normalized spacial score (nSPS) is 12.2. The van der Waals surface area contributed by atoms with Crippen LogP contribution in [0.3, 0.4) is 0 Å². The number of nitrogens with one attached hydrogen (secondary N) is 1. The largest absolute Gasteiger partial charge is 0.382 e. The van der Waals surface area contributed by atoms with Crippen molar-refractivity contribution < 1.29 is 0 Å². The van der Waals surface area contributed by atoms with Crippen molar-refractivity contribution >= 4 is 28.7 Å². The minimum absolute atomic E-state index is 0.107. The van der Waals surface area contributed by atoms with Crippen LogP contribution in [-0.4, -0.2) is 24.7 Å². The number of nitrogens with two attached hydrogens (primary N) is 1. The van der Waals surface area contributed by atoms with Crippen LogP contribution < -0.4 is 5.73 Å². The maximum Gasteiger partial charge on any atom is 0.183 e. The van der Waals surface area contributed by atoms with E-state index in [1.807, 2.05) is 0 Å². The van der Waals surface area contributed by atoms with Gasteiger partial charge in [-0.1, -0.05) is 32.5 Å². The Morgan fingerprint density at radius 3 is 2.67 bits per heavy atom. The first kappa shape index (κ1) is 10.2. The highest BCUT2D eigenvalue weighted by atomic mass is 32.2. The Balaban J connectivity index is 2.44.